The van der Waals surface area contributed by atoms with Gasteiger partial charge in [0.15, 0.2) is 5.11 Å². The number of benzene rings is 1. The Kier molecular flexibility index (Phi) is 5.99. The molecule has 0 radical (unpaired) electrons. The minimum Gasteiger partial charge on any atom is -0.496 e. The maximum Gasteiger partial charge on any atom is 0.261 e. The van der Waals surface area contributed by atoms with Crippen LogP contribution in [0.4, 0.5) is 5.95 Å². The van der Waals surface area contributed by atoms with Crippen LogP contribution in [0.5, 0.6) is 5.75 Å². The number of rotatable bonds is 5. The van der Waals surface area contributed by atoms with E-state index in [0.717, 1.165) is 10.9 Å². The van der Waals surface area contributed by atoms with Crippen molar-refractivity contribution in [1.29, 1.82) is 0 Å². The average Bonchev–Trinajstić information content (AvgIpc) is 2.94. The van der Waals surface area contributed by atoms with Crippen LogP contribution in [0.1, 0.15) is 23.7 Å². The quantitative estimate of drug-likeness (QED) is 0.743. The molecular weight excluding hydrogens is 384 g/mol. The number of carbonyl (C=O) groups is 1. The van der Waals surface area contributed by atoms with Gasteiger partial charge >= 0.3 is 0 Å². The predicted octanol–water partition coefficient (Wildman–Crippen LogP) is 1.98. The second-order valence-electron chi connectivity index (χ2n) is 4.48. The van der Waals surface area contributed by atoms with E-state index < -0.39 is 5.91 Å². The number of hydrogen-bond acceptors (Lipinski definition) is 6. The van der Waals surface area contributed by atoms with Gasteiger partial charge in [-0.1, -0.05) is 28.0 Å². The molecule has 2 aromatic rings. The first-order valence-corrected chi connectivity index (χ1v) is 7.97. The number of thiocarbonyl (C=S) groups is 1. The fourth-order valence-corrected chi connectivity index (χ4v) is 2.36. The molecule has 1 aromatic carbocycles. The van der Waals surface area contributed by atoms with E-state index in [1.807, 2.05) is 6.92 Å². The summed E-state index contributed by atoms with van der Waals surface area (Å²) in [6, 6.07) is 5.13. The fourth-order valence-electron chi connectivity index (χ4n) is 1.82. The zero-order chi connectivity index (χ0) is 16.8. The van der Waals surface area contributed by atoms with Crippen molar-refractivity contribution in [3.05, 3.63) is 28.2 Å². The maximum absolute atomic E-state index is 12.3. The Labute approximate surface area is 146 Å². The summed E-state index contributed by atoms with van der Waals surface area (Å²) in [4.78, 5) is 12.3. The minimum absolute atomic E-state index is 0.101. The van der Waals surface area contributed by atoms with Crippen molar-refractivity contribution in [3.63, 3.8) is 0 Å². The fraction of sp³-hybridized carbons (Fsp3) is 0.308. The molecule has 0 fully saturated rings. The van der Waals surface area contributed by atoms with Gasteiger partial charge in [0, 0.05) is 11.0 Å². The molecule has 10 heteroatoms. The molecule has 0 bridgehead atoms. The number of hydrogen-bond donors (Lipinski definition) is 2. The van der Waals surface area contributed by atoms with Crippen LogP contribution in [0.15, 0.2) is 22.7 Å². The molecule has 0 saturated heterocycles. The third kappa shape index (κ3) is 4.45. The molecule has 1 aromatic heterocycles. The van der Waals surface area contributed by atoms with Crippen LogP contribution in [0.3, 0.4) is 0 Å². The Morgan fingerprint density at radius 2 is 2.26 bits per heavy atom. The molecule has 0 aliphatic carbocycles. The lowest BCUT2D eigenvalue weighted by Gasteiger charge is -2.11. The number of carbonyl (C=O) groups excluding carboxylic acids is 1. The molecule has 8 nitrogen and oxygen atoms in total. The Bertz CT molecular complexity index is 720. The van der Waals surface area contributed by atoms with Gasteiger partial charge in [-0.3, -0.25) is 15.4 Å². The number of tetrazole rings is 1. The predicted molar refractivity (Wildman–Crippen MR) is 92.5 cm³/mol. The molecule has 0 spiro atoms. The van der Waals surface area contributed by atoms with Crippen molar-refractivity contribution in [1.82, 2.24) is 25.5 Å². The normalized spacial score (nSPS) is 10.2. The highest BCUT2D eigenvalue weighted by atomic mass is 79.9. The van der Waals surface area contributed by atoms with E-state index in [0.29, 0.717) is 23.8 Å². The highest BCUT2D eigenvalue weighted by Gasteiger charge is 2.15. The Hall–Kier alpha value is -2.07. The average molecular weight is 399 g/mol. The van der Waals surface area contributed by atoms with Crippen LogP contribution in [-0.4, -0.2) is 38.3 Å². The van der Waals surface area contributed by atoms with Gasteiger partial charge in [0.25, 0.3) is 5.91 Å². The van der Waals surface area contributed by atoms with Gasteiger partial charge in [-0.15, -0.1) is 0 Å². The number of amides is 1. The number of anilines is 1. The summed E-state index contributed by atoms with van der Waals surface area (Å²) in [6.45, 7) is 2.65. The van der Waals surface area contributed by atoms with Crippen LogP contribution in [-0.2, 0) is 6.54 Å². The first kappa shape index (κ1) is 17.3. The summed E-state index contributed by atoms with van der Waals surface area (Å²) in [6.07, 6.45) is 0.869. The number of nitrogens with one attached hydrogen (secondary N) is 2. The largest absolute Gasteiger partial charge is 0.496 e. The van der Waals surface area contributed by atoms with Gasteiger partial charge in [0.2, 0.25) is 5.95 Å². The van der Waals surface area contributed by atoms with Gasteiger partial charge < -0.3 is 4.74 Å². The van der Waals surface area contributed by atoms with Crippen molar-refractivity contribution >= 4 is 45.1 Å². The van der Waals surface area contributed by atoms with Crippen LogP contribution in [0.2, 0.25) is 0 Å². The number of aryl methyl sites for hydroxylation is 1. The highest BCUT2D eigenvalue weighted by molar-refractivity contribution is 9.10. The van der Waals surface area contributed by atoms with E-state index in [1.165, 1.54) is 7.11 Å². The van der Waals surface area contributed by atoms with Crippen LogP contribution >= 0.6 is 28.1 Å². The van der Waals surface area contributed by atoms with Gasteiger partial charge in [-0.25, -0.2) is 4.68 Å². The Balaban J connectivity index is 2.07. The third-order valence-corrected chi connectivity index (χ3v) is 3.52. The smallest absolute Gasteiger partial charge is 0.261 e. The minimum atomic E-state index is -0.393. The van der Waals surface area contributed by atoms with Crippen molar-refractivity contribution in [2.24, 2.45) is 0 Å². The monoisotopic (exact) mass is 398 g/mol. The number of halogens is 1. The zero-order valence-corrected chi connectivity index (χ0v) is 14.9. The lowest BCUT2D eigenvalue weighted by molar-refractivity contribution is 0.0974. The molecule has 0 aliphatic heterocycles. The lowest BCUT2D eigenvalue weighted by atomic mass is 10.2. The molecule has 0 saturated carbocycles. The standard InChI is InChI=1S/C13H15BrN6O2S/c1-3-6-20-12(17-18-19-20)16-13(23)15-11(21)9-7-8(14)4-5-10(9)22-2/h4-5,7H,3,6H2,1-2H3,(H2,15,16,17,19,21,23). The maximum atomic E-state index is 12.3. The second-order valence-corrected chi connectivity index (χ2v) is 5.80. The summed E-state index contributed by atoms with van der Waals surface area (Å²) in [7, 11) is 1.50. The van der Waals surface area contributed by atoms with Crippen molar-refractivity contribution < 1.29 is 9.53 Å². The number of methoxy groups -OCH3 is 1. The molecule has 122 valence electrons. The molecule has 2 rings (SSSR count). The zero-order valence-electron chi connectivity index (χ0n) is 12.5. The first-order valence-electron chi connectivity index (χ1n) is 6.77. The SMILES string of the molecule is CCCn1nnnc1NC(=S)NC(=O)c1cc(Br)ccc1OC. The first-order chi connectivity index (χ1) is 11.0. The van der Waals surface area contributed by atoms with E-state index in [9.17, 15) is 4.79 Å². The van der Waals surface area contributed by atoms with Gasteiger partial charge in [0.1, 0.15) is 5.75 Å². The van der Waals surface area contributed by atoms with Crippen molar-refractivity contribution in [3.8, 4) is 5.75 Å². The summed E-state index contributed by atoms with van der Waals surface area (Å²) >= 11 is 8.45. The van der Waals surface area contributed by atoms with Crippen molar-refractivity contribution in [2.75, 3.05) is 12.4 Å². The molecule has 1 amide bonds. The van der Waals surface area contributed by atoms with E-state index in [1.54, 1.807) is 22.9 Å². The van der Waals surface area contributed by atoms with Gasteiger partial charge in [0.05, 0.1) is 12.7 Å². The highest BCUT2D eigenvalue weighted by Crippen LogP contribution is 2.22. The number of nitrogens with zero attached hydrogens (tertiary/aromatic N) is 4. The van der Waals surface area contributed by atoms with Crippen molar-refractivity contribution in [2.45, 2.75) is 19.9 Å². The Morgan fingerprint density at radius 3 is 2.96 bits per heavy atom. The van der Waals surface area contributed by atoms with Crippen LogP contribution in [0.25, 0.3) is 0 Å². The number of ether oxygens (including phenoxy) is 1. The topological polar surface area (TPSA) is 94.0 Å². The molecule has 2 N–H and O–H groups in total. The molecule has 0 unspecified atom stereocenters. The lowest BCUT2D eigenvalue weighted by Crippen LogP contribution is -2.35. The Morgan fingerprint density at radius 1 is 1.48 bits per heavy atom. The molecule has 1 heterocycles. The number of aromatic nitrogens is 4. The van der Waals surface area contributed by atoms with E-state index in [-0.39, 0.29) is 5.11 Å². The second kappa shape index (κ2) is 7.97. The molecule has 23 heavy (non-hydrogen) atoms. The van der Waals surface area contributed by atoms with E-state index in [4.69, 9.17) is 17.0 Å². The van der Waals surface area contributed by atoms with E-state index >= 15 is 0 Å². The molecule has 0 aliphatic rings. The molecular formula is C13H15BrN6O2S. The van der Waals surface area contributed by atoms with Gasteiger partial charge in [-0.05, 0) is 47.3 Å². The molecule has 0 atom stereocenters. The van der Waals surface area contributed by atoms with E-state index in [2.05, 4.69) is 42.1 Å². The third-order valence-electron chi connectivity index (χ3n) is 2.83. The van der Waals surface area contributed by atoms with Crippen LogP contribution in [0, 0.1) is 0 Å². The summed E-state index contributed by atoms with van der Waals surface area (Å²) in [5.41, 5.74) is 0.360. The summed E-state index contributed by atoms with van der Waals surface area (Å²) in [5.74, 6) is 0.429. The summed E-state index contributed by atoms with van der Waals surface area (Å²) < 4.78 is 7.50. The van der Waals surface area contributed by atoms with Crippen LogP contribution < -0.4 is 15.4 Å². The summed E-state index contributed by atoms with van der Waals surface area (Å²) in [5, 5.41) is 16.7. The van der Waals surface area contributed by atoms with Gasteiger partial charge in [-0.2, -0.15) is 0 Å².